The third-order valence-corrected chi connectivity index (χ3v) is 3.96. The van der Waals surface area contributed by atoms with E-state index in [2.05, 4.69) is 10.2 Å². The predicted molar refractivity (Wildman–Crippen MR) is 71.6 cm³/mol. The normalized spacial score (nSPS) is 14.1. The summed E-state index contributed by atoms with van der Waals surface area (Å²) >= 11 is 6.81. The van der Waals surface area contributed by atoms with Crippen LogP contribution in [0.3, 0.4) is 0 Å². The number of anilines is 1. The number of rotatable bonds is 2. The number of fused-ring (bicyclic) bond motifs is 1. The fourth-order valence-corrected chi connectivity index (χ4v) is 3.05. The minimum atomic E-state index is -0.710. The smallest absolute Gasteiger partial charge is 0.298 e. The molecule has 0 unspecified atom stereocenters. The lowest BCUT2D eigenvalue weighted by molar-refractivity contribution is -0.114. The molecule has 0 saturated heterocycles. The van der Waals surface area contributed by atoms with Crippen molar-refractivity contribution >= 4 is 40.3 Å². The van der Waals surface area contributed by atoms with Crippen LogP contribution in [-0.4, -0.2) is 21.9 Å². The van der Waals surface area contributed by atoms with Crippen LogP contribution in [0.15, 0.2) is 12.1 Å². The van der Waals surface area contributed by atoms with Crippen molar-refractivity contribution < 1.29 is 14.0 Å². The van der Waals surface area contributed by atoms with E-state index < -0.39 is 17.5 Å². The van der Waals surface area contributed by atoms with Gasteiger partial charge < -0.3 is 0 Å². The molecule has 0 N–H and O–H groups in total. The molecule has 8 heteroatoms. The van der Waals surface area contributed by atoms with Crippen LogP contribution in [0.2, 0.25) is 4.47 Å². The van der Waals surface area contributed by atoms with E-state index in [1.54, 1.807) is 6.92 Å². The SMILES string of the molecule is Cc1cc(F)cc2c1N(Cc1nnc(Cl)s1)C(=O)C2=O. The van der Waals surface area contributed by atoms with Crippen molar-refractivity contribution in [2.45, 2.75) is 13.5 Å². The number of hydrogen-bond donors (Lipinski definition) is 0. The second-order valence-corrected chi connectivity index (χ2v) is 5.93. The zero-order chi connectivity index (χ0) is 14.4. The molecule has 0 aliphatic carbocycles. The molecule has 1 amide bonds. The Morgan fingerprint density at radius 1 is 1.35 bits per heavy atom. The second-order valence-electron chi connectivity index (χ2n) is 4.29. The monoisotopic (exact) mass is 311 g/mol. The molecule has 0 radical (unpaired) electrons. The summed E-state index contributed by atoms with van der Waals surface area (Å²) in [6.07, 6.45) is 0. The van der Waals surface area contributed by atoms with E-state index in [9.17, 15) is 14.0 Å². The lowest BCUT2D eigenvalue weighted by atomic mass is 10.1. The summed E-state index contributed by atoms with van der Waals surface area (Å²) in [6.45, 7) is 1.74. The van der Waals surface area contributed by atoms with Gasteiger partial charge in [-0.05, 0) is 36.2 Å². The first-order valence-corrected chi connectivity index (χ1v) is 6.81. The number of carbonyl (C=O) groups excluding carboxylic acids is 2. The Morgan fingerprint density at radius 2 is 2.10 bits per heavy atom. The highest BCUT2D eigenvalue weighted by Gasteiger charge is 2.38. The minimum absolute atomic E-state index is 0.0862. The molecular formula is C12H7ClFN3O2S. The average molecular weight is 312 g/mol. The van der Waals surface area contributed by atoms with Crippen molar-refractivity contribution in [3.8, 4) is 0 Å². The first kappa shape index (κ1) is 13.1. The number of hydrogen-bond acceptors (Lipinski definition) is 5. The van der Waals surface area contributed by atoms with Gasteiger partial charge in [-0.15, -0.1) is 10.2 Å². The number of aromatic nitrogens is 2. The zero-order valence-corrected chi connectivity index (χ0v) is 11.8. The first-order chi connectivity index (χ1) is 9.47. The molecule has 0 bridgehead atoms. The summed E-state index contributed by atoms with van der Waals surface area (Å²) in [4.78, 5) is 25.2. The van der Waals surface area contributed by atoms with Crippen LogP contribution in [0.25, 0.3) is 0 Å². The maximum Gasteiger partial charge on any atom is 0.299 e. The number of aryl methyl sites for hydroxylation is 1. The summed E-state index contributed by atoms with van der Waals surface area (Å²) < 4.78 is 13.6. The molecule has 0 fully saturated rings. The van der Waals surface area contributed by atoms with Gasteiger partial charge in [0.1, 0.15) is 10.8 Å². The molecule has 0 saturated carbocycles. The molecule has 2 aromatic rings. The topological polar surface area (TPSA) is 63.2 Å². The van der Waals surface area contributed by atoms with Crippen LogP contribution in [0, 0.1) is 12.7 Å². The highest BCUT2D eigenvalue weighted by atomic mass is 35.5. The molecule has 0 atom stereocenters. The van der Waals surface area contributed by atoms with Crippen LogP contribution >= 0.6 is 22.9 Å². The van der Waals surface area contributed by atoms with Gasteiger partial charge in [-0.2, -0.15) is 0 Å². The van der Waals surface area contributed by atoms with Gasteiger partial charge in [0.15, 0.2) is 0 Å². The van der Waals surface area contributed by atoms with Gasteiger partial charge in [0.25, 0.3) is 11.7 Å². The summed E-state index contributed by atoms with van der Waals surface area (Å²) in [5.74, 6) is -1.94. The Bertz CT molecular complexity index is 746. The van der Waals surface area contributed by atoms with Crippen LogP contribution in [0.1, 0.15) is 20.9 Å². The molecule has 0 spiro atoms. The van der Waals surface area contributed by atoms with Crippen molar-refractivity contribution in [2.75, 3.05) is 4.90 Å². The highest BCUT2D eigenvalue weighted by Crippen LogP contribution is 2.34. The molecule has 1 aliphatic rings. The molecule has 1 aliphatic heterocycles. The lowest BCUT2D eigenvalue weighted by Gasteiger charge is -2.16. The fourth-order valence-electron chi connectivity index (χ4n) is 2.19. The average Bonchev–Trinajstić information content (AvgIpc) is 2.88. The van der Waals surface area contributed by atoms with Gasteiger partial charge in [0.05, 0.1) is 17.8 Å². The minimum Gasteiger partial charge on any atom is -0.298 e. The molecule has 1 aromatic carbocycles. The van der Waals surface area contributed by atoms with Crippen molar-refractivity contribution in [3.05, 3.63) is 38.6 Å². The molecular weight excluding hydrogens is 305 g/mol. The quantitative estimate of drug-likeness (QED) is 0.799. The van der Waals surface area contributed by atoms with E-state index in [-0.39, 0.29) is 16.6 Å². The molecule has 102 valence electrons. The Kier molecular flexibility index (Phi) is 3.02. The van der Waals surface area contributed by atoms with Gasteiger partial charge in [-0.1, -0.05) is 11.3 Å². The maximum atomic E-state index is 13.4. The van der Waals surface area contributed by atoms with Crippen LogP contribution < -0.4 is 4.90 Å². The number of ketones is 1. The van der Waals surface area contributed by atoms with E-state index in [0.717, 1.165) is 17.4 Å². The van der Waals surface area contributed by atoms with Crippen molar-refractivity contribution in [1.29, 1.82) is 0 Å². The molecule has 5 nitrogen and oxygen atoms in total. The van der Waals surface area contributed by atoms with Gasteiger partial charge in [0, 0.05) is 0 Å². The van der Waals surface area contributed by atoms with Crippen LogP contribution in [0.4, 0.5) is 10.1 Å². The van der Waals surface area contributed by atoms with Crippen LogP contribution in [-0.2, 0) is 11.3 Å². The number of amides is 1. The van der Waals surface area contributed by atoms with Gasteiger partial charge in [-0.25, -0.2) is 4.39 Å². The Labute approximate surface area is 122 Å². The Morgan fingerprint density at radius 3 is 2.75 bits per heavy atom. The number of halogens is 2. The third kappa shape index (κ3) is 1.99. The molecule has 1 aromatic heterocycles. The maximum absolute atomic E-state index is 13.4. The zero-order valence-electron chi connectivity index (χ0n) is 10.2. The number of nitrogens with zero attached hydrogens (tertiary/aromatic N) is 3. The van der Waals surface area contributed by atoms with E-state index >= 15 is 0 Å². The number of carbonyl (C=O) groups is 2. The number of benzene rings is 1. The fraction of sp³-hybridized carbons (Fsp3) is 0.167. The summed E-state index contributed by atoms with van der Waals surface area (Å²) in [6, 6.07) is 2.36. The highest BCUT2D eigenvalue weighted by molar-refractivity contribution is 7.15. The van der Waals surface area contributed by atoms with Crippen molar-refractivity contribution in [3.63, 3.8) is 0 Å². The first-order valence-electron chi connectivity index (χ1n) is 5.61. The summed E-state index contributed by atoms with van der Waals surface area (Å²) in [5.41, 5.74) is 1.03. The van der Waals surface area contributed by atoms with Gasteiger partial charge in [-0.3, -0.25) is 14.5 Å². The van der Waals surface area contributed by atoms with E-state index in [0.29, 0.717) is 16.3 Å². The summed E-state index contributed by atoms with van der Waals surface area (Å²) in [5, 5.41) is 7.97. The lowest BCUT2D eigenvalue weighted by Crippen LogP contribution is -2.29. The Balaban J connectivity index is 2.06. The van der Waals surface area contributed by atoms with E-state index in [1.807, 2.05) is 0 Å². The largest absolute Gasteiger partial charge is 0.299 e. The molecule has 20 heavy (non-hydrogen) atoms. The van der Waals surface area contributed by atoms with E-state index in [4.69, 9.17) is 11.6 Å². The molecule has 2 heterocycles. The third-order valence-electron chi connectivity index (χ3n) is 2.95. The van der Waals surface area contributed by atoms with Crippen LogP contribution in [0.5, 0.6) is 0 Å². The second kappa shape index (κ2) is 4.60. The Hall–Kier alpha value is -1.86. The standard InChI is InChI=1S/C12H7ClFN3O2S/c1-5-2-6(14)3-7-9(5)17(11(19)10(7)18)4-8-15-16-12(13)20-8/h2-3H,4H2,1H3. The van der Waals surface area contributed by atoms with Crippen molar-refractivity contribution in [1.82, 2.24) is 10.2 Å². The number of Topliss-reactive ketones (excluding diaryl/α,β-unsaturated/α-hetero) is 1. The summed E-state index contributed by atoms with van der Waals surface area (Å²) in [7, 11) is 0. The predicted octanol–water partition coefficient (Wildman–Crippen LogP) is 2.37. The molecule has 3 rings (SSSR count). The van der Waals surface area contributed by atoms with Gasteiger partial charge in [0.2, 0.25) is 4.47 Å². The van der Waals surface area contributed by atoms with E-state index in [1.165, 1.54) is 11.0 Å². The van der Waals surface area contributed by atoms with Crippen molar-refractivity contribution in [2.24, 2.45) is 0 Å². The van der Waals surface area contributed by atoms with Gasteiger partial charge >= 0.3 is 0 Å².